The van der Waals surface area contributed by atoms with Gasteiger partial charge in [0.05, 0.1) is 17.3 Å². The van der Waals surface area contributed by atoms with Gasteiger partial charge in [-0.1, -0.05) is 29.8 Å². The largest absolute Gasteiger partial charge is 0.478 e. The molecule has 0 radical (unpaired) electrons. The molecule has 6 rings (SSSR count). The monoisotopic (exact) mass is 561 g/mol. The lowest BCUT2D eigenvalue weighted by Crippen LogP contribution is -2.29. The third kappa shape index (κ3) is 5.29. The zero-order valence-electron chi connectivity index (χ0n) is 22.4. The number of benzene rings is 3. The van der Waals surface area contributed by atoms with Gasteiger partial charge in [-0.25, -0.2) is 4.79 Å². The molecule has 204 valence electrons. The second-order valence-corrected chi connectivity index (χ2v) is 10.3. The van der Waals surface area contributed by atoms with Crippen molar-refractivity contribution >= 4 is 29.0 Å². The molecule has 0 saturated carbocycles. The number of nitrogens with one attached hydrogen (secondary N) is 1. The highest BCUT2D eigenvalue weighted by Crippen LogP contribution is 2.43. The van der Waals surface area contributed by atoms with Crippen LogP contribution in [0.15, 0.2) is 108 Å². The zero-order valence-corrected chi connectivity index (χ0v) is 23.3. The Hall–Kier alpha value is -4.95. The van der Waals surface area contributed by atoms with E-state index in [1.807, 2.05) is 97.6 Å². The molecule has 0 bridgehead atoms. The fourth-order valence-corrected chi connectivity index (χ4v) is 5.41. The topological polar surface area (TPSA) is 87.8 Å². The summed E-state index contributed by atoms with van der Waals surface area (Å²) in [5.74, 6) is 1.87. The molecule has 0 spiro atoms. The highest BCUT2D eigenvalue weighted by Gasteiger charge is 2.42. The lowest BCUT2D eigenvalue weighted by atomic mass is 10.0. The van der Waals surface area contributed by atoms with Crippen LogP contribution in [-0.2, 0) is 0 Å². The molecule has 2 N–H and O–H groups in total. The predicted molar refractivity (Wildman–Crippen MR) is 161 cm³/mol. The Labute approximate surface area is 243 Å². The Morgan fingerprint density at radius 2 is 1.68 bits per heavy atom. The minimum atomic E-state index is -0.963. The van der Waals surface area contributed by atoms with Crippen LogP contribution in [0, 0.1) is 13.8 Å². The third-order valence-corrected chi connectivity index (χ3v) is 7.44. The molecule has 2 aromatic heterocycles. The van der Waals surface area contributed by atoms with E-state index in [0.29, 0.717) is 22.4 Å². The molecule has 41 heavy (non-hydrogen) atoms. The van der Waals surface area contributed by atoms with E-state index in [4.69, 9.17) is 21.4 Å². The maximum atomic E-state index is 11.4. The summed E-state index contributed by atoms with van der Waals surface area (Å²) in [4.78, 5) is 18.1. The molecule has 7 nitrogen and oxygen atoms in total. The first-order chi connectivity index (χ1) is 19.9. The standard InChI is InChI=1S/C33H27N3O4S/c1-20-6-11-24(12-7-20)39-25-13-9-23(10-14-25)36-31(30(35-33(36)41)27-5-3-4-18-34-27)29-17-16-28(40-29)26-15-8-22(32(37)38)19-21(26)2/h3-19,30-31H,1-2H3,(H,35,41)(H,37,38)/t30-,31-/m1/s1. The summed E-state index contributed by atoms with van der Waals surface area (Å²) in [5, 5.41) is 13.4. The van der Waals surface area contributed by atoms with Gasteiger partial charge in [0.2, 0.25) is 0 Å². The quantitative estimate of drug-likeness (QED) is 0.196. The number of rotatable bonds is 7. The minimum absolute atomic E-state index is 0.236. The number of hydrogen-bond donors (Lipinski definition) is 2. The third-order valence-electron chi connectivity index (χ3n) is 7.13. The second-order valence-electron chi connectivity index (χ2n) is 9.94. The summed E-state index contributed by atoms with van der Waals surface area (Å²) in [6.45, 7) is 3.91. The number of hydrogen-bond acceptors (Lipinski definition) is 5. The number of aromatic nitrogens is 1. The molecule has 1 fully saturated rings. The van der Waals surface area contributed by atoms with Gasteiger partial charge in [0.1, 0.15) is 29.1 Å². The fourth-order valence-electron chi connectivity index (χ4n) is 5.07. The Kier molecular flexibility index (Phi) is 6.99. The number of thiocarbonyl (C=S) groups is 1. The van der Waals surface area contributed by atoms with E-state index in [9.17, 15) is 9.90 Å². The van der Waals surface area contributed by atoms with E-state index in [1.165, 1.54) is 5.56 Å². The molecule has 3 heterocycles. The molecule has 8 heteroatoms. The number of nitrogens with zero attached hydrogens (tertiary/aromatic N) is 2. The summed E-state index contributed by atoms with van der Waals surface area (Å²) in [7, 11) is 0. The van der Waals surface area contributed by atoms with Gasteiger partial charge in [-0.15, -0.1) is 0 Å². The SMILES string of the molecule is Cc1ccc(Oc2ccc(N3C(=S)N[C@H](c4ccccn4)[C@H]3c3ccc(-c4ccc(C(=O)O)cc4C)o3)cc2)cc1. The number of aromatic carboxylic acids is 1. The van der Waals surface area contributed by atoms with Crippen molar-refractivity contribution < 1.29 is 19.1 Å². The maximum absolute atomic E-state index is 11.4. The van der Waals surface area contributed by atoms with Gasteiger partial charge in [-0.2, -0.15) is 0 Å². The smallest absolute Gasteiger partial charge is 0.335 e. The van der Waals surface area contributed by atoms with Crippen LogP contribution in [0.5, 0.6) is 11.5 Å². The predicted octanol–water partition coefficient (Wildman–Crippen LogP) is 7.63. The van der Waals surface area contributed by atoms with Crippen molar-refractivity contribution in [3.8, 4) is 22.8 Å². The average Bonchev–Trinajstić information content (AvgIpc) is 3.59. The van der Waals surface area contributed by atoms with Crippen molar-refractivity contribution in [3.63, 3.8) is 0 Å². The Morgan fingerprint density at radius 3 is 2.34 bits per heavy atom. The average molecular weight is 562 g/mol. The number of furan rings is 1. The van der Waals surface area contributed by atoms with Crippen molar-refractivity contribution in [2.75, 3.05) is 4.90 Å². The number of aryl methyl sites for hydroxylation is 2. The number of anilines is 1. The molecule has 0 unspecified atom stereocenters. The highest BCUT2D eigenvalue weighted by atomic mass is 32.1. The molecule has 1 aliphatic rings. The van der Waals surface area contributed by atoms with E-state index in [2.05, 4.69) is 10.3 Å². The van der Waals surface area contributed by atoms with Crippen LogP contribution < -0.4 is 15.0 Å². The molecule has 5 aromatic rings. The molecular formula is C33H27N3O4S. The molecule has 0 amide bonds. The van der Waals surface area contributed by atoms with E-state index in [1.54, 1.807) is 24.4 Å². The maximum Gasteiger partial charge on any atom is 0.335 e. The van der Waals surface area contributed by atoms with Crippen molar-refractivity contribution in [3.05, 3.63) is 131 Å². The fraction of sp³-hybridized carbons (Fsp3) is 0.121. The number of carboxylic acids is 1. The molecule has 2 atom stereocenters. The highest BCUT2D eigenvalue weighted by molar-refractivity contribution is 7.80. The first-order valence-corrected chi connectivity index (χ1v) is 13.6. The van der Waals surface area contributed by atoms with Gasteiger partial charge in [-0.05, 0) is 104 Å². The lowest BCUT2D eigenvalue weighted by Gasteiger charge is -2.26. The Balaban J connectivity index is 1.35. The van der Waals surface area contributed by atoms with Gasteiger partial charge in [0.15, 0.2) is 5.11 Å². The van der Waals surface area contributed by atoms with Crippen LogP contribution in [-0.4, -0.2) is 21.2 Å². The van der Waals surface area contributed by atoms with Gasteiger partial charge < -0.3 is 24.5 Å². The van der Waals surface area contributed by atoms with Crippen molar-refractivity contribution in [2.24, 2.45) is 0 Å². The van der Waals surface area contributed by atoms with Crippen molar-refractivity contribution in [2.45, 2.75) is 25.9 Å². The summed E-state index contributed by atoms with van der Waals surface area (Å²) >= 11 is 5.84. The van der Waals surface area contributed by atoms with Gasteiger partial charge in [0.25, 0.3) is 0 Å². The molecule has 3 aromatic carbocycles. The van der Waals surface area contributed by atoms with Gasteiger partial charge in [-0.3, -0.25) is 4.98 Å². The molecule has 1 saturated heterocycles. The van der Waals surface area contributed by atoms with E-state index in [-0.39, 0.29) is 17.6 Å². The first-order valence-electron chi connectivity index (χ1n) is 13.2. The van der Waals surface area contributed by atoms with Gasteiger partial charge >= 0.3 is 5.97 Å². The zero-order chi connectivity index (χ0) is 28.5. The van der Waals surface area contributed by atoms with E-state index >= 15 is 0 Å². The second kappa shape index (κ2) is 10.9. The van der Waals surface area contributed by atoms with Crippen LogP contribution in [0.1, 0.15) is 45.0 Å². The normalized spacial score (nSPS) is 16.4. The van der Waals surface area contributed by atoms with Crippen molar-refractivity contribution in [1.82, 2.24) is 10.3 Å². The Bertz CT molecular complexity index is 1720. The summed E-state index contributed by atoms with van der Waals surface area (Å²) in [6.07, 6.45) is 1.76. The Morgan fingerprint density at radius 1 is 0.951 bits per heavy atom. The van der Waals surface area contributed by atoms with Gasteiger partial charge in [0, 0.05) is 17.4 Å². The minimum Gasteiger partial charge on any atom is -0.478 e. The number of pyridine rings is 1. The van der Waals surface area contributed by atoms with Crippen LogP contribution in [0.3, 0.4) is 0 Å². The molecular weight excluding hydrogens is 534 g/mol. The lowest BCUT2D eigenvalue weighted by molar-refractivity contribution is 0.0696. The molecule has 1 aliphatic heterocycles. The van der Waals surface area contributed by atoms with Crippen molar-refractivity contribution in [1.29, 1.82) is 0 Å². The first kappa shape index (κ1) is 26.3. The summed E-state index contributed by atoms with van der Waals surface area (Å²) in [6, 6.07) is 29.8. The summed E-state index contributed by atoms with van der Waals surface area (Å²) < 4.78 is 12.5. The van der Waals surface area contributed by atoms with Crippen LogP contribution >= 0.6 is 12.2 Å². The van der Waals surface area contributed by atoms with Crippen LogP contribution in [0.25, 0.3) is 11.3 Å². The number of ether oxygens (including phenoxy) is 1. The van der Waals surface area contributed by atoms with Crippen LogP contribution in [0.4, 0.5) is 5.69 Å². The van der Waals surface area contributed by atoms with Crippen LogP contribution in [0.2, 0.25) is 0 Å². The molecule has 0 aliphatic carbocycles. The number of carbonyl (C=O) groups is 1. The van der Waals surface area contributed by atoms with E-state index < -0.39 is 5.97 Å². The summed E-state index contributed by atoms with van der Waals surface area (Å²) in [5.41, 5.74) is 4.76. The van der Waals surface area contributed by atoms with E-state index in [0.717, 1.165) is 28.3 Å². The number of carboxylic acid groups (broad SMARTS) is 1.